The highest BCUT2D eigenvalue weighted by atomic mass is 16.5. The number of hydrogen-bond acceptors (Lipinski definition) is 4. The van der Waals surface area contributed by atoms with Gasteiger partial charge in [0.1, 0.15) is 0 Å². The maximum atomic E-state index is 12.2. The topological polar surface area (TPSA) is 61.8 Å². The largest absolute Gasteiger partial charge is 0.394 e. The lowest BCUT2D eigenvalue weighted by molar-refractivity contribution is -0.126. The molecule has 126 valence electrons. The summed E-state index contributed by atoms with van der Waals surface area (Å²) in [5.74, 6) is 0.0587. The van der Waals surface area contributed by atoms with Gasteiger partial charge in [0.25, 0.3) is 0 Å². The molecule has 0 aromatic carbocycles. The number of likely N-dealkylation sites (N-methyl/N-ethyl adjacent to an activating group) is 1. The Kier molecular flexibility index (Phi) is 10.6. The van der Waals surface area contributed by atoms with E-state index in [1.165, 1.54) is 6.42 Å². The van der Waals surface area contributed by atoms with Gasteiger partial charge in [0.05, 0.1) is 25.9 Å². The first kappa shape index (κ1) is 20.3. The number of hydrogen-bond donors (Lipinski definition) is 2. The van der Waals surface area contributed by atoms with Crippen LogP contribution in [0.15, 0.2) is 0 Å². The van der Waals surface area contributed by atoms with Gasteiger partial charge in [-0.2, -0.15) is 0 Å². The maximum Gasteiger partial charge on any atom is 0.237 e. The molecule has 0 bridgehead atoms. The Balaban J connectivity index is 3.96. The lowest BCUT2D eigenvalue weighted by Gasteiger charge is -2.24. The van der Waals surface area contributed by atoms with E-state index in [0.717, 1.165) is 19.3 Å². The van der Waals surface area contributed by atoms with Crippen LogP contribution in [0.5, 0.6) is 0 Å². The van der Waals surface area contributed by atoms with E-state index in [0.29, 0.717) is 25.2 Å². The fourth-order valence-corrected chi connectivity index (χ4v) is 2.15. The summed E-state index contributed by atoms with van der Waals surface area (Å²) >= 11 is 0. The molecule has 0 saturated carbocycles. The molecule has 0 saturated heterocycles. The van der Waals surface area contributed by atoms with Crippen LogP contribution in [0.3, 0.4) is 0 Å². The number of ether oxygens (including phenoxy) is 1. The van der Waals surface area contributed by atoms with Crippen molar-refractivity contribution < 1.29 is 14.6 Å². The first-order chi connectivity index (χ1) is 9.78. The number of unbranched alkanes of at least 4 members (excludes halogenated alkanes) is 1. The van der Waals surface area contributed by atoms with Crippen molar-refractivity contribution in [3.8, 4) is 0 Å². The van der Waals surface area contributed by atoms with Crippen LogP contribution in [-0.4, -0.2) is 62.4 Å². The standard InChI is InChI=1S/C16H34N2O3/c1-16(2,3)9-7-6-8-14(18(4)5)15(20)17-10-12-21-13-11-19/h14,19H,6-13H2,1-5H3,(H,17,20). The molecule has 2 N–H and O–H groups in total. The predicted molar refractivity (Wildman–Crippen MR) is 86.3 cm³/mol. The van der Waals surface area contributed by atoms with Gasteiger partial charge >= 0.3 is 0 Å². The summed E-state index contributed by atoms with van der Waals surface area (Å²) in [7, 11) is 3.88. The summed E-state index contributed by atoms with van der Waals surface area (Å²) < 4.78 is 5.13. The molecule has 1 unspecified atom stereocenters. The molecule has 0 aliphatic carbocycles. The monoisotopic (exact) mass is 302 g/mol. The van der Waals surface area contributed by atoms with E-state index < -0.39 is 0 Å². The molecule has 0 heterocycles. The van der Waals surface area contributed by atoms with E-state index in [1.54, 1.807) is 0 Å². The highest BCUT2D eigenvalue weighted by Crippen LogP contribution is 2.22. The van der Waals surface area contributed by atoms with Crippen LogP contribution in [0.2, 0.25) is 0 Å². The molecule has 1 atom stereocenters. The molecule has 0 aromatic heterocycles. The van der Waals surface area contributed by atoms with Gasteiger partial charge in [-0.05, 0) is 32.4 Å². The highest BCUT2D eigenvalue weighted by molar-refractivity contribution is 5.81. The zero-order valence-corrected chi connectivity index (χ0v) is 14.4. The molecule has 1 amide bonds. The van der Waals surface area contributed by atoms with E-state index >= 15 is 0 Å². The lowest BCUT2D eigenvalue weighted by Crippen LogP contribution is -2.44. The van der Waals surface area contributed by atoms with Gasteiger partial charge in [-0.1, -0.05) is 33.6 Å². The van der Waals surface area contributed by atoms with Crippen LogP contribution in [0.25, 0.3) is 0 Å². The van der Waals surface area contributed by atoms with Gasteiger partial charge in [0, 0.05) is 6.54 Å². The number of aliphatic hydroxyl groups is 1. The van der Waals surface area contributed by atoms with Crippen LogP contribution in [0, 0.1) is 5.41 Å². The zero-order valence-electron chi connectivity index (χ0n) is 14.4. The number of amides is 1. The number of nitrogens with one attached hydrogen (secondary N) is 1. The SMILES string of the molecule is CN(C)C(CCCCC(C)(C)C)C(=O)NCCOCCO. The molecule has 0 spiro atoms. The fourth-order valence-electron chi connectivity index (χ4n) is 2.15. The number of aliphatic hydroxyl groups excluding tert-OH is 1. The number of carbonyl (C=O) groups excluding carboxylic acids is 1. The Morgan fingerprint density at radius 3 is 2.43 bits per heavy atom. The Morgan fingerprint density at radius 1 is 1.24 bits per heavy atom. The van der Waals surface area contributed by atoms with E-state index in [4.69, 9.17) is 9.84 Å². The third kappa shape index (κ3) is 11.7. The summed E-state index contributed by atoms with van der Waals surface area (Å²) in [6.45, 7) is 8.00. The van der Waals surface area contributed by atoms with Gasteiger partial charge < -0.3 is 15.2 Å². The second-order valence-electron chi connectivity index (χ2n) is 6.91. The molecule has 0 fully saturated rings. The lowest BCUT2D eigenvalue weighted by atomic mass is 9.89. The summed E-state index contributed by atoms with van der Waals surface area (Å²) in [5.41, 5.74) is 0.361. The van der Waals surface area contributed by atoms with Crippen LogP contribution in [-0.2, 0) is 9.53 Å². The van der Waals surface area contributed by atoms with E-state index in [2.05, 4.69) is 26.1 Å². The van der Waals surface area contributed by atoms with Crippen molar-refractivity contribution in [3.63, 3.8) is 0 Å². The second-order valence-corrected chi connectivity index (χ2v) is 6.91. The van der Waals surface area contributed by atoms with E-state index in [9.17, 15) is 4.79 Å². The third-order valence-corrected chi connectivity index (χ3v) is 3.36. The molecular formula is C16H34N2O3. The quantitative estimate of drug-likeness (QED) is 0.570. The van der Waals surface area contributed by atoms with E-state index in [-0.39, 0.29) is 18.6 Å². The molecular weight excluding hydrogens is 268 g/mol. The minimum Gasteiger partial charge on any atom is -0.394 e. The van der Waals surface area contributed by atoms with Crippen molar-refractivity contribution in [1.29, 1.82) is 0 Å². The molecule has 0 aliphatic rings. The first-order valence-electron chi connectivity index (χ1n) is 7.90. The highest BCUT2D eigenvalue weighted by Gasteiger charge is 2.20. The number of rotatable bonds is 11. The average Bonchev–Trinajstić information content (AvgIpc) is 2.36. The summed E-state index contributed by atoms with van der Waals surface area (Å²) in [5, 5.41) is 11.5. The van der Waals surface area contributed by atoms with Gasteiger partial charge in [-0.3, -0.25) is 9.69 Å². The molecule has 0 rings (SSSR count). The summed E-state index contributed by atoms with van der Waals surface area (Å²) in [4.78, 5) is 14.1. The first-order valence-corrected chi connectivity index (χ1v) is 7.90. The van der Waals surface area contributed by atoms with Crippen LogP contribution in [0.1, 0.15) is 46.5 Å². The maximum absolute atomic E-state index is 12.2. The minimum absolute atomic E-state index is 0.0159. The molecule has 0 aromatic rings. The van der Waals surface area contributed by atoms with Crippen LogP contribution < -0.4 is 5.32 Å². The average molecular weight is 302 g/mol. The van der Waals surface area contributed by atoms with Crippen LogP contribution >= 0.6 is 0 Å². The smallest absolute Gasteiger partial charge is 0.237 e. The molecule has 0 aliphatic heterocycles. The summed E-state index contributed by atoms with van der Waals surface area (Å²) in [6.07, 6.45) is 4.28. The fraction of sp³-hybridized carbons (Fsp3) is 0.938. The molecule has 0 radical (unpaired) electrons. The normalized spacial score (nSPS) is 13.5. The van der Waals surface area contributed by atoms with Gasteiger partial charge in [0.15, 0.2) is 0 Å². The third-order valence-electron chi connectivity index (χ3n) is 3.36. The predicted octanol–water partition coefficient (Wildman–Crippen LogP) is 1.65. The number of nitrogens with zero attached hydrogens (tertiary/aromatic N) is 1. The zero-order chi connectivity index (χ0) is 16.3. The van der Waals surface area contributed by atoms with Crippen molar-refractivity contribution >= 4 is 5.91 Å². The van der Waals surface area contributed by atoms with Crippen molar-refractivity contribution in [3.05, 3.63) is 0 Å². The van der Waals surface area contributed by atoms with Gasteiger partial charge in [0.2, 0.25) is 5.91 Å². The van der Waals surface area contributed by atoms with Gasteiger partial charge in [-0.25, -0.2) is 0 Å². The molecule has 21 heavy (non-hydrogen) atoms. The Bertz CT molecular complexity index is 275. The molecule has 5 heteroatoms. The van der Waals surface area contributed by atoms with Crippen molar-refractivity contribution in [2.24, 2.45) is 5.41 Å². The van der Waals surface area contributed by atoms with E-state index in [1.807, 2.05) is 19.0 Å². The Labute approximate surface area is 130 Å². The van der Waals surface area contributed by atoms with Crippen LogP contribution in [0.4, 0.5) is 0 Å². The molecule has 5 nitrogen and oxygen atoms in total. The van der Waals surface area contributed by atoms with Gasteiger partial charge in [-0.15, -0.1) is 0 Å². The van der Waals surface area contributed by atoms with Crippen molar-refractivity contribution in [1.82, 2.24) is 10.2 Å². The second kappa shape index (κ2) is 11.0. The minimum atomic E-state index is -0.0807. The Morgan fingerprint density at radius 2 is 1.90 bits per heavy atom. The number of carbonyl (C=O) groups is 1. The Hall–Kier alpha value is -0.650. The summed E-state index contributed by atoms with van der Waals surface area (Å²) in [6, 6.07) is -0.0807. The van der Waals surface area contributed by atoms with Crippen molar-refractivity contribution in [2.45, 2.75) is 52.5 Å². The van der Waals surface area contributed by atoms with Crippen molar-refractivity contribution in [2.75, 3.05) is 40.5 Å².